The molecule has 0 aliphatic carbocycles. The van der Waals surface area contributed by atoms with Gasteiger partial charge in [-0.2, -0.15) is 0 Å². The average molecular weight is 196 g/mol. The number of hydrogen-bond acceptors (Lipinski definition) is 1. The number of hydrogen-bond donors (Lipinski definition) is 1. The second-order valence-electron chi connectivity index (χ2n) is 4.45. The lowest BCUT2D eigenvalue weighted by Gasteiger charge is -2.11. The highest BCUT2D eigenvalue weighted by Crippen LogP contribution is 2.11. The van der Waals surface area contributed by atoms with Gasteiger partial charge in [-0.1, -0.05) is 39.0 Å². The predicted molar refractivity (Wildman–Crippen MR) is 63.2 cm³/mol. The van der Waals surface area contributed by atoms with Crippen molar-refractivity contribution in [2.45, 2.75) is 46.1 Å². The summed E-state index contributed by atoms with van der Waals surface area (Å²) in [5, 5.41) is 9.52. The maximum atomic E-state index is 9.52. The Balaban J connectivity index is 3.67. The lowest BCUT2D eigenvalue weighted by atomic mass is 10.00. The van der Waals surface area contributed by atoms with E-state index in [1.165, 1.54) is 0 Å². The van der Waals surface area contributed by atoms with Crippen LogP contribution in [0, 0.1) is 11.8 Å². The van der Waals surface area contributed by atoms with Crippen LogP contribution in [-0.2, 0) is 0 Å². The van der Waals surface area contributed by atoms with Crippen molar-refractivity contribution in [2.75, 3.05) is 0 Å². The molecule has 0 aliphatic heterocycles. The fourth-order valence-electron chi connectivity index (χ4n) is 1.38. The Hall–Kier alpha value is -0.560. The third kappa shape index (κ3) is 8.06. The second kappa shape index (κ2) is 7.81. The van der Waals surface area contributed by atoms with Gasteiger partial charge in [0.15, 0.2) is 0 Å². The molecule has 0 aromatic heterocycles. The molecular weight excluding hydrogens is 172 g/mol. The van der Waals surface area contributed by atoms with E-state index in [4.69, 9.17) is 0 Å². The third-order valence-corrected chi connectivity index (χ3v) is 2.15. The molecule has 0 heterocycles. The minimum absolute atomic E-state index is 0.230. The number of aliphatic hydroxyl groups is 1. The highest BCUT2D eigenvalue weighted by atomic mass is 16.3. The van der Waals surface area contributed by atoms with Gasteiger partial charge >= 0.3 is 0 Å². The molecule has 0 spiro atoms. The standard InChI is InChI=1S/C13H24O/c1-5-7-13(14)10-12(4)9-6-8-11(2)3/h5-6,9,11-14H,1,7-8,10H2,2-4H3. The molecule has 1 heteroatoms. The molecule has 0 bridgehead atoms. The number of rotatable bonds is 7. The molecule has 1 nitrogen and oxygen atoms in total. The monoisotopic (exact) mass is 196 g/mol. The summed E-state index contributed by atoms with van der Waals surface area (Å²) in [5.41, 5.74) is 0. The zero-order valence-corrected chi connectivity index (χ0v) is 9.74. The van der Waals surface area contributed by atoms with E-state index in [0.717, 1.165) is 18.8 Å². The summed E-state index contributed by atoms with van der Waals surface area (Å²) in [6.45, 7) is 10.2. The van der Waals surface area contributed by atoms with E-state index in [-0.39, 0.29) is 6.10 Å². The minimum Gasteiger partial charge on any atom is -0.393 e. The van der Waals surface area contributed by atoms with Gasteiger partial charge in [-0.15, -0.1) is 6.58 Å². The van der Waals surface area contributed by atoms with E-state index in [1.54, 1.807) is 6.08 Å². The molecule has 0 saturated heterocycles. The molecule has 0 aromatic rings. The van der Waals surface area contributed by atoms with Crippen LogP contribution >= 0.6 is 0 Å². The SMILES string of the molecule is C=CCC(O)CC(C)C=CCC(C)C. The fraction of sp³-hybridized carbons (Fsp3) is 0.692. The van der Waals surface area contributed by atoms with Gasteiger partial charge < -0.3 is 5.11 Å². The van der Waals surface area contributed by atoms with Gasteiger partial charge in [-0.25, -0.2) is 0 Å². The van der Waals surface area contributed by atoms with Crippen molar-refractivity contribution in [3.63, 3.8) is 0 Å². The van der Waals surface area contributed by atoms with Gasteiger partial charge in [0.05, 0.1) is 6.10 Å². The smallest absolute Gasteiger partial charge is 0.0580 e. The lowest BCUT2D eigenvalue weighted by molar-refractivity contribution is 0.156. The highest BCUT2D eigenvalue weighted by Gasteiger charge is 2.05. The van der Waals surface area contributed by atoms with Crippen molar-refractivity contribution >= 4 is 0 Å². The van der Waals surface area contributed by atoms with Crippen LogP contribution in [-0.4, -0.2) is 11.2 Å². The van der Waals surface area contributed by atoms with Crippen LogP contribution in [0.2, 0.25) is 0 Å². The van der Waals surface area contributed by atoms with Crippen LogP contribution < -0.4 is 0 Å². The first-order chi connectivity index (χ1) is 6.56. The van der Waals surface area contributed by atoms with Crippen molar-refractivity contribution in [2.24, 2.45) is 11.8 Å². The summed E-state index contributed by atoms with van der Waals surface area (Å²) < 4.78 is 0. The Bertz CT molecular complexity index is 170. The van der Waals surface area contributed by atoms with Crippen LogP contribution in [0.3, 0.4) is 0 Å². The Kier molecular flexibility index (Phi) is 7.50. The highest BCUT2D eigenvalue weighted by molar-refractivity contribution is 4.88. The zero-order chi connectivity index (χ0) is 11.0. The van der Waals surface area contributed by atoms with Crippen molar-refractivity contribution in [1.29, 1.82) is 0 Å². The molecule has 0 aliphatic rings. The number of allylic oxidation sites excluding steroid dienone is 2. The van der Waals surface area contributed by atoms with E-state index >= 15 is 0 Å². The van der Waals surface area contributed by atoms with Crippen LogP contribution in [0.4, 0.5) is 0 Å². The molecule has 0 rings (SSSR count). The molecule has 1 N–H and O–H groups in total. The topological polar surface area (TPSA) is 20.2 Å². The molecular formula is C13H24O. The first-order valence-electron chi connectivity index (χ1n) is 5.51. The fourth-order valence-corrected chi connectivity index (χ4v) is 1.38. The van der Waals surface area contributed by atoms with Gasteiger partial charge in [0.2, 0.25) is 0 Å². The van der Waals surface area contributed by atoms with Gasteiger partial charge in [0.25, 0.3) is 0 Å². The normalized spacial score (nSPS) is 16.1. The summed E-state index contributed by atoms with van der Waals surface area (Å²) in [4.78, 5) is 0. The summed E-state index contributed by atoms with van der Waals surface area (Å²) in [5.74, 6) is 1.18. The van der Waals surface area contributed by atoms with E-state index in [9.17, 15) is 5.11 Å². The van der Waals surface area contributed by atoms with E-state index < -0.39 is 0 Å². The summed E-state index contributed by atoms with van der Waals surface area (Å²) in [6.07, 6.45) is 8.62. The third-order valence-electron chi connectivity index (χ3n) is 2.15. The maximum absolute atomic E-state index is 9.52. The van der Waals surface area contributed by atoms with Crippen molar-refractivity contribution in [3.05, 3.63) is 24.8 Å². The quantitative estimate of drug-likeness (QED) is 0.617. The van der Waals surface area contributed by atoms with Crippen LogP contribution in [0.25, 0.3) is 0 Å². The van der Waals surface area contributed by atoms with Crippen molar-refractivity contribution < 1.29 is 5.11 Å². The minimum atomic E-state index is -0.230. The molecule has 0 saturated carbocycles. The Morgan fingerprint density at radius 3 is 2.36 bits per heavy atom. The van der Waals surface area contributed by atoms with Gasteiger partial charge in [0.1, 0.15) is 0 Å². The first kappa shape index (κ1) is 13.4. The van der Waals surface area contributed by atoms with E-state index in [0.29, 0.717) is 12.3 Å². The first-order valence-corrected chi connectivity index (χ1v) is 5.51. The molecule has 82 valence electrons. The van der Waals surface area contributed by atoms with Gasteiger partial charge in [-0.05, 0) is 31.1 Å². The summed E-state index contributed by atoms with van der Waals surface area (Å²) in [7, 11) is 0. The van der Waals surface area contributed by atoms with Crippen LogP contribution in [0.15, 0.2) is 24.8 Å². The molecule has 0 aromatic carbocycles. The second-order valence-corrected chi connectivity index (χ2v) is 4.45. The maximum Gasteiger partial charge on any atom is 0.0580 e. The van der Waals surface area contributed by atoms with Crippen molar-refractivity contribution in [3.8, 4) is 0 Å². The lowest BCUT2D eigenvalue weighted by Crippen LogP contribution is -2.09. The summed E-state index contributed by atoms with van der Waals surface area (Å²) >= 11 is 0. The predicted octanol–water partition coefficient (Wildman–Crippen LogP) is 3.55. The Labute approximate surface area is 88.5 Å². The molecule has 2 atom stereocenters. The zero-order valence-electron chi connectivity index (χ0n) is 9.74. The molecule has 2 unspecified atom stereocenters. The van der Waals surface area contributed by atoms with Gasteiger partial charge in [-0.3, -0.25) is 0 Å². The van der Waals surface area contributed by atoms with E-state index in [1.807, 2.05) is 0 Å². The van der Waals surface area contributed by atoms with Gasteiger partial charge in [0, 0.05) is 0 Å². The molecule has 14 heavy (non-hydrogen) atoms. The largest absolute Gasteiger partial charge is 0.393 e. The van der Waals surface area contributed by atoms with Crippen LogP contribution in [0.5, 0.6) is 0 Å². The average Bonchev–Trinajstić information content (AvgIpc) is 2.03. The molecule has 0 amide bonds. The summed E-state index contributed by atoms with van der Waals surface area (Å²) in [6, 6.07) is 0. The van der Waals surface area contributed by atoms with E-state index in [2.05, 4.69) is 39.5 Å². The Morgan fingerprint density at radius 2 is 1.86 bits per heavy atom. The number of aliphatic hydroxyl groups excluding tert-OH is 1. The Morgan fingerprint density at radius 1 is 1.21 bits per heavy atom. The molecule has 0 radical (unpaired) electrons. The van der Waals surface area contributed by atoms with Crippen molar-refractivity contribution in [1.82, 2.24) is 0 Å². The van der Waals surface area contributed by atoms with Crippen LogP contribution in [0.1, 0.15) is 40.0 Å². The molecule has 0 fully saturated rings.